The summed E-state index contributed by atoms with van der Waals surface area (Å²) < 4.78 is 6.82. The number of tetrazole rings is 1. The fourth-order valence-electron chi connectivity index (χ4n) is 2.99. The molecule has 0 bridgehead atoms. The number of rotatable bonds is 7. The number of hydrogen-bond acceptors (Lipinski definition) is 6. The molecule has 1 N–H and O–H groups in total. The summed E-state index contributed by atoms with van der Waals surface area (Å²) in [5, 5.41) is 15.1. The van der Waals surface area contributed by atoms with Crippen molar-refractivity contribution in [2.24, 2.45) is 0 Å². The van der Waals surface area contributed by atoms with Gasteiger partial charge in [0.1, 0.15) is 11.0 Å². The van der Waals surface area contributed by atoms with E-state index in [1.807, 2.05) is 61.5 Å². The van der Waals surface area contributed by atoms with Gasteiger partial charge in [-0.2, -0.15) is 4.68 Å². The Morgan fingerprint density at radius 2 is 1.71 bits per heavy atom. The number of thioether (sulfide) groups is 1. The zero-order valence-electron chi connectivity index (χ0n) is 17.1. The number of carbonyl (C=O) groups is 1. The lowest BCUT2D eigenvalue weighted by Gasteiger charge is -2.17. The van der Waals surface area contributed by atoms with Crippen LogP contribution in [0, 0.1) is 6.92 Å². The predicted molar refractivity (Wildman–Crippen MR) is 121 cm³/mol. The van der Waals surface area contributed by atoms with E-state index in [1.165, 1.54) is 11.8 Å². The Morgan fingerprint density at radius 1 is 1.00 bits per heavy atom. The highest BCUT2D eigenvalue weighted by Crippen LogP contribution is 2.35. The third kappa shape index (κ3) is 4.92. The molecule has 4 aromatic rings. The monoisotopic (exact) mass is 431 g/mol. The minimum Gasteiger partial charge on any atom is -0.497 e. The molecular formula is C23H21N5O2S. The molecule has 0 spiro atoms. The Kier molecular flexibility index (Phi) is 6.28. The van der Waals surface area contributed by atoms with Crippen molar-refractivity contribution in [2.45, 2.75) is 17.3 Å². The molecule has 0 saturated heterocycles. The van der Waals surface area contributed by atoms with E-state index in [1.54, 1.807) is 36.1 Å². The first-order valence-electron chi connectivity index (χ1n) is 9.66. The van der Waals surface area contributed by atoms with Crippen molar-refractivity contribution < 1.29 is 9.53 Å². The molecule has 1 heterocycles. The second-order valence-electron chi connectivity index (χ2n) is 6.84. The number of ether oxygens (including phenoxy) is 1. The van der Waals surface area contributed by atoms with Crippen LogP contribution in [0.15, 0.2) is 84.0 Å². The summed E-state index contributed by atoms with van der Waals surface area (Å²) in [6.45, 7) is 2.02. The van der Waals surface area contributed by atoms with Crippen molar-refractivity contribution >= 4 is 23.4 Å². The number of nitrogens with one attached hydrogen (secondary N) is 1. The van der Waals surface area contributed by atoms with Crippen LogP contribution < -0.4 is 10.1 Å². The molecule has 1 atom stereocenters. The summed E-state index contributed by atoms with van der Waals surface area (Å²) in [6.07, 6.45) is 0. The van der Waals surface area contributed by atoms with Crippen LogP contribution in [0.25, 0.3) is 5.69 Å². The molecule has 1 amide bonds. The van der Waals surface area contributed by atoms with Gasteiger partial charge in [0, 0.05) is 5.69 Å². The molecule has 3 aromatic carbocycles. The molecule has 0 aliphatic heterocycles. The van der Waals surface area contributed by atoms with Gasteiger partial charge in [0.15, 0.2) is 0 Å². The molecule has 7 nitrogen and oxygen atoms in total. The van der Waals surface area contributed by atoms with Crippen LogP contribution in [0.4, 0.5) is 5.69 Å². The summed E-state index contributed by atoms with van der Waals surface area (Å²) in [5.41, 5.74) is 3.52. The van der Waals surface area contributed by atoms with Gasteiger partial charge in [-0.3, -0.25) is 4.79 Å². The van der Waals surface area contributed by atoms with E-state index in [0.29, 0.717) is 10.8 Å². The largest absolute Gasteiger partial charge is 0.497 e. The van der Waals surface area contributed by atoms with Crippen LogP contribution >= 0.6 is 11.8 Å². The highest BCUT2D eigenvalue weighted by Gasteiger charge is 2.25. The van der Waals surface area contributed by atoms with Crippen LogP contribution in [0.2, 0.25) is 0 Å². The first-order chi connectivity index (χ1) is 15.1. The number of amides is 1. The summed E-state index contributed by atoms with van der Waals surface area (Å²) >= 11 is 1.30. The molecule has 1 unspecified atom stereocenters. The molecule has 8 heteroatoms. The first kappa shape index (κ1) is 20.6. The topological polar surface area (TPSA) is 81.9 Å². The second kappa shape index (κ2) is 9.44. The number of anilines is 1. The zero-order valence-corrected chi connectivity index (χ0v) is 17.9. The van der Waals surface area contributed by atoms with Crippen molar-refractivity contribution in [2.75, 3.05) is 12.4 Å². The number of hydrogen-bond donors (Lipinski definition) is 1. The van der Waals surface area contributed by atoms with Crippen molar-refractivity contribution in [1.82, 2.24) is 20.2 Å². The van der Waals surface area contributed by atoms with Gasteiger partial charge in [-0.25, -0.2) is 0 Å². The number of aromatic nitrogens is 4. The zero-order chi connectivity index (χ0) is 21.6. The van der Waals surface area contributed by atoms with E-state index in [-0.39, 0.29) is 5.91 Å². The Hall–Kier alpha value is -3.65. The molecule has 0 fully saturated rings. The number of aryl methyl sites for hydroxylation is 1. The van der Waals surface area contributed by atoms with Crippen molar-refractivity contribution in [3.05, 3.63) is 90.0 Å². The van der Waals surface area contributed by atoms with E-state index in [0.717, 1.165) is 22.6 Å². The minimum absolute atomic E-state index is 0.167. The van der Waals surface area contributed by atoms with Crippen LogP contribution in [-0.2, 0) is 4.79 Å². The Morgan fingerprint density at radius 3 is 2.39 bits per heavy atom. The van der Waals surface area contributed by atoms with Gasteiger partial charge in [-0.1, -0.05) is 59.8 Å². The Bertz CT molecular complexity index is 1140. The Labute approximate surface area is 184 Å². The van der Waals surface area contributed by atoms with E-state index < -0.39 is 5.25 Å². The van der Waals surface area contributed by atoms with Crippen molar-refractivity contribution in [3.63, 3.8) is 0 Å². The summed E-state index contributed by atoms with van der Waals surface area (Å²) in [5.74, 6) is 0.559. The van der Waals surface area contributed by atoms with Crippen molar-refractivity contribution in [1.29, 1.82) is 0 Å². The van der Waals surface area contributed by atoms with Gasteiger partial charge in [-0.05, 0) is 59.3 Å². The molecule has 0 saturated carbocycles. The highest BCUT2D eigenvalue weighted by molar-refractivity contribution is 8.00. The standard InChI is InChI=1S/C23H21N5O2S/c1-16-8-12-19(13-9-16)28-23(25-26-27-28)31-21(17-6-4-3-5-7-17)22(29)24-18-10-14-20(30-2)15-11-18/h3-15,21H,1-2H3,(H,24,29). The number of benzene rings is 3. The van der Waals surface area contributed by atoms with E-state index in [2.05, 4.69) is 20.8 Å². The molecule has 1 aromatic heterocycles. The molecule has 4 rings (SSSR count). The minimum atomic E-state index is -0.543. The van der Waals surface area contributed by atoms with Crippen LogP contribution in [0.5, 0.6) is 5.75 Å². The molecule has 31 heavy (non-hydrogen) atoms. The SMILES string of the molecule is COc1ccc(NC(=O)C(Sc2nnnn2-c2ccc(C)cc2)c2ccccc2)cc1. The predicted octanol–water partition coefficient (Wildman–Crippen LogP) is 4.45. The van der Waals surface area contributed by atoms with E-state index in [9.17, 15) is 4.79 Å². The molecule has 0 aliphatic carbocycles. The number of nitrogens with zero attached hydrogens (tertiary/aromatic N) is 4. The lowest BCUT2D eigenvalue weighted by atomic mass is 10.1. The summed E-state index contributed by atoms with van der Waals surface area (Å²) in [4.78, 5) is 13.2. The second-order valence-corrected chi connectivity index (χ2v) is 7.91. The van der Waals surface area contributed by atoms with Gasteiger partial charge < -0.3 is 10.1 Å². The Balaban J connectivity index is 1.61. The van der Waals surface area contributed by atoms with Gasteiger partial charge in [0.05, 0.1) is 12.8 Å². The number of methoxy groups -OCH3 is 1. The third-order valence-corrected chi connectivity index (χ3v) is 5.83. The smallest absolute Gasteiger partial charge is 0.242 e. The summed E-state index contributed by atoms with van der Waals surface area (Å²) in [7, 11) is 1.61. The average molecular weight is 432 g/mol. The fraction of sp³-hybridized carbons (Fsp3) is 0.130. The highest BCUT2D eigenvalue weighted by atomic mass is 32.2. The van der Waals surface area contributed by atoms with E-state index >= 15 is 0 Å². The average Bonchev–Trinajstić information content (AvgIpc) is 3.27. The maximum absolute atomic E-state index is 13.2. The van der Waals surface area contributed by atoms with Gasteiger partial charge in [-0.15, -0.1) is 5.10 Å². The lowest BCUT2D eigenvalue weighted by molar-refractivity contribution is -0.115. The van der Waals surface area contributed by atoms with Gasteiger partial charge in [0.25, 0.3) is 0 Å². The normalized spacial score (nSPS) is 11.7. The fourth-order valence-corrected chi connectivity index (χ4v) is 3.98. The van der Waals surface area contributed by atoms with Crippen LogP contribution in [-0.4, -0.2) is 33.2 Å². The molecule has 156 valence electrons. The summed E-state index contributed by atoms with van der Waals surface area (Å²) in [6, 6.07) is 24.7. The maximum atomic E-state index is 13.2. The lowest BCUT2D eigenvalue weighted by Crippen LogP contribution is -2.19. The molecule has 0 aliphatic rings. The van der Waals surface area contributed by atoms with Crippen LogP contribution in [0.1, 0.15) is 16.4 Å². The first-order valence-corrected chi connectivity index (χ1v) is 10.5. The molecule has 0 radical (unpaired) electrons. The van der Waals surface area contributed by atoms with Gasteiger partial charge >= 0.3 is 0 Å². The quantitative estimate of drug-likeness (QED) is 0.435. The third-order valence-electron chi connectivity index (χ3n) is 4.64. The van der Waals surface area contributed by atoms with Crippen molar-refractivity contribution in [3.8, 4) is 11.4 Å². The van der Waals surface area contributed by atoms with E-state index in [4.69, 9.17) is 4.74 Å². The maximum Gasteiger partial charge on any atom is 0.242 e. The van der Waals surface area contributed by atoms with Crippen LogP contribution in [0.3, 0.4) is 0 Å². The number of carbonyl (C=O) groups excluding carboxylic acids is 1. The molecular weight excluding hydrogens is 410 g/mol. The van der Waals surface area contributed by atoms with Gasteiger partial charge in [0.2, 0.25) is 11.1 Å².